The highest BCUT2D eigenvalue weighted by molar-refractivity contribution is 5.94. The van der Waals surface area contributed by atoms with Crippen molar-refractivity contribution in [3.8, 4) is 11.5 Å². The molecule has 0 aliphatic rings. The fraction of sp³-hybridized carbons (Fsp3) is 0.412. The number of aliphatic hydroxyl groups excluding tert-OH is 2. The summed E-state index contributed by atoms with van der Waals surface area (Å²) in [6, 6.07) is 20.1. The molecule has 0 aromatic heterocycles. The number of hydrogen-bond donors (Lipinski definition) is 6. The van der Waals surface area contributed by atoms with Gasteiger partial charge in [0.2, 0.25) is 0 Å². The standard InChI is InChI=1S/C32H42N2O6.C2H4O2/c1-2-3-4-15-34-32(38)27-7-5-6-25(19-27)23-39-17-18-40-29-11-8-24(9-12-29)14-16-33-21-31(37)26-10-13-30(36)28(20-26)22-35;1-2(3)4/h5-13,19-20,31,33,35-37H,2-4,14-18,21-23H2,1H3,(H,34,38);1H3,(H,3,4)/t31-;/m0./s1. The molecule has 0 radical (unpaired) electrons. The summed E-state index contributed by atoms with van der Waals surface area (Å²) in [5.41, 5.74) is 3.79. The summed E-state index contributed by atoms with van der Waals surface area (Å²) in [4.78, 5) is 21.3. The molecular formula is C34H46N2O8. The van der Waals surface area contributed by atoms with E-state index in [4.69, 9.17) is 19.4 Å². The van der Waals surface area contributed by atoms with Crippen LogP contribution in [-0.4, -0.2) is 65.2 Å². The number of aliphatic hydroxyl groups is 2. The molecule has 1 amide bonds. The van der Waals surface area contributed by atoms with Gasteiger partial charge in [0.25, 0.3) is 11.9 Å². The maximum atomic E-state index is 12.3. The molecule has 0 aliphatic heterocycles. The van der Waals surface area contributed by atoms with Crippen LogP contribution in [0.3, 0.4) is 0 Å². The zero-order valence-electron chi connectivity index (χ0n) is 25.6. The van der Waals surface area contributed by atoms with Gasteiger partial charge in [-0.1, -0.05) is 50.1 Å². The molecule has 240 valence electrons. The SMILES string of the molecule is CC(=O)O.CCCCCNC(=O)c1cccc(COCCOc2ccc(CCNC[C@H](O)c3ccc(O)c(CO)c3)cc2)c1. The number of unbranched alkanes of at least 4 members (excludes halogenated alkanes) is 2. The van der Waals surface area contributed by atoms with E-state index in [1.807, 2.05) is 48.5 Å². The van der Waals surface area contributed by atoms with Gasteiger partial charge in [-0.3, -0.25) is 9.59 Å². The first kappa shape index (κ1) is 36.2. The lowest BCUT2D eigenvalue weighted by Crippen LogP contribution is -2.24. The third-order valence-corrected chi connectivity index (χ3v) is 6.53. The van der Waals surface area contributed by atoms with E-state index < -0.39 is 12.1 Å². The summed E-state index contributed by atoms with van der Waals surface area (Å²) in [5.74, 6) is -0.0959. The number of carbonyl (C=O) groups excluding carboxylic acids is 1. The monoisotopic (exact) mass is 610 g/mol. The van der Waals surface area contributed by atoms with Crippen LogP contribution in [0.5, 0.6) is 11.5 Å². The second-order valence-corrected chi connectivity index (χ2v) is 10.2. The number of benzene rings is 3. The predicted molar refractivity (Wildman–Crippen MR) is 169 cm³/mol. The first-order valence-corrected chi connectivity index (χ1v) is 14.9. The van der Waals surface area contributed by atoms with E-state index >= 15 is 0 Å². The quantitative estimate of drug-likeness (QED) is 0.115. The van der Waals surface area contributed by atoms with Crippen LogP contribution < -0.4 is 15.4 Å². The number of aromatic hydroxyl groups is 1. The average Bonchev–Trinajstić information content (AvgIpc) is 3.02. The lowest BCUT2D eigenvalue weighted by Gasteiger charge is -2.14. The van der Waals surface area contributed by atoms with Crippen LogP contribution >= 0.6 is 0 Å². The van der Waals surface area contributed by atoms with Crippen LogP contribution in [0.2, 0.25) is 0 Å². The van der Waals surface area contributed by atoms with E-state index in [1.165, 1.54) is 6.07 Å². The summed E-state index contributed by atoms with van der Waals surface area (Å²) < 4.78 is 11.5. The molecular weight excluding hydrogens is 564 g/mol. The number of aliphatic carboxylic acids is 1. The molecule has 0 spiro atoms. The number of carboxylic acid groups (broad SMARTS) is 1. The topological polar surface area (TPSA) is 158 Å². The van der Waals surface area contributed by atoms with E-state index in [1.54, 1.807) is 12.1 Å². The zero-order valence-corrected chi connectivity index (χ0v) is 25.6. The molecule has 0 saturated heterocycles. The molecule has 6 N–H and O–H groups in total. The molecule has 0 fully saturated rings. The van der Waals surface area contributed by atoms with Crippen molar-refractivity contribution < 1.29 is 39.5 Å². The van der Waals surface area contributed by atoms with E-state index in [2.05, 4.69) is 17.6 Å². The zero-order chi connectivity index (χ0) is 32.2. The van der Waals surface area contributed by atoms with Crippen molar-refractivity contribution in [2.45, 2.75) is 58.8 Å². The molecule has 1 atom stereocenters. The Morgan fingerprint density at radius 3 is 2.39 bits per heavy atom. The smallest absolute Gasteiger partial charge is 0.300 e. The van der Waals surface area contributed by atoms with Gasteiger partial charge in [0.05, 0.1) is 25.9 Å². The van der Waals surface area contributed by atoms with Gasteiger partial charge in [0.15, 0.2) is 0 Å². The summed E-state index contributed by atoms with van der Waals surface area (Å²) in [5, 5.41) is 42.9. The number of hydrogen-bond acceptors (Lipinski definition) is 8. The van der Waals surface area contributed by atoms with Crippen LogP contribution in [0.4, 0.5) is 0 Å². The third kappa shape index (κ3) is 14.5. The summed E-state index contributed by atoms with van der Waals surface area (Å²) >= 11 is 0. The molecule has 0 saturated carbocycles. The van der Waals surface area contributed by atoms with Crippen LogP contribution in [0.1, 0.15) is 71.8 Å². The minimum Gasteiger partial charge on any atom is -0.508 e. The lowest BCUT2D eigenvalue weighted by molar-refractivity contribution is -0.134. The van der Waals surface area contributed by atoms with E-state index in [0.717, 1.165) is 49.5 Å². The van der Waals surface area contributed by atoms with Crippen molar-refractivity contribution in [2.75, 3.05) is 32.8 Å². The molecule has 3 aromatic rings. The van der Waals surface area contributed by atoms with E-state index in [9.17, 15) is 20.1 Å². The third-order valence-electron chi connectivity index (χ3n) is 6.53. The van der Waals surface area contributed by atoms with Crippen LogP contribution in [0.25, 0.3) is 0 Å². The highest BCUT2D eigenvalue weighted by atomic mass is 16.5. The van der Waals surface area contributed by atoms with E-state index in [-0.39, 0.29) is 18.3 Å². The Bertz CT molecular complexity index is 1260. The normalized spacial score (nSPS) is 11.3. The number of carbonyl (C=O) groups is 2. The van der Waals surface area contributed by atoms with Crippen molar-refractivity contribution in [3.63, 3.8) is 0 Å². The summed E-state index contributed by atoms with van der Waals surface area (Å²) in [7, 11) is 0. The number of phenols is 1. The Balaban J connectivity index is 0.00000159. The second-order valence-electron chi connectivity index (χ2n) is 10.2. The molecule has 0 unspecified atom stereocenters. The molecule has 44 heavy (non-hydrogen) atoms. The number of carboxylic acids is 1. The molecule has 0 heterocycles. The van der Waals surface area contributed by atoms with Crippen molar-refractivity contribution >= 4 is 11.9 Å². The van der Waals surface area contributed by atoms with Gasteiger partial charge in [-0.2, -0.15) is 0 Å². The number of rotatable bonds is 18. The van der Waals surface area contributed by atoms with Crippen molar-refractivity contribution in [3.05, 3.63) is 94.5 Å². The lowest BCUT2D eigenvalue weighted by atomic mass is 10.1. The Morgan fingerprint density at radius 1 is 0.932 bits per heavy atom. The van der Waals surface area contributed by atoms with Crippen LogP contribution in [-0.2, 0) is 29.2 Å². The number of ether oxygens (including phenoxy) is 2. The average molecular weight is 611 g/mol. The Hall–Kier alpha value is -3.96. The number of nitrogens with one attached hydrogen (secondary N) is 2. The fourth-order valence-corrected chi connectivity index (χ4v) is 4.17. The minimum atomic E-state index is -0.833. The molecule has 0 bridgehead atoms. The summed E-state index contributed by atoms with van der Waals surface area (Å²) in [6.45, 7) is 5.97. The highest BCUT2D eigenvalue weighted by Gasteiger charge is 2.10. The highest BCUT2D eigenvalue weighted by Crippen LogP contribution is 2.22. The van der Waals surface area contributed by atoms with Crippen LogP contribution in [0.15, 0.2) is 66.7 Å². The Kier molecular flexibility index (Phi) is 17.2. The van der Waals surface area contributed by atoms with E-state index in [0.29, 0.717) is 56.1 Å². The first-order chi connectivity index (χ1) is 21.2. The minimum absolute atomic E-state index is 0.0208. The van der Waals surface area contributed by atoms with Gasteiger partial charge in [-0.05, 0) is 72.5 Å². The summed E-state index contributed by atoms with van der Waals surface area (Å²) in [6.07, 6.45) is 3.30. The van der Waals surface area contributed by atoms with Gasteiger partial charge in [0, 0.05) is 31.1 Å². The molecule has 3 rings (SSSR count). The van der Waals surface area contributed by atoms with Gasteiger partial charge >= 0.3 is 0 Å². The van der Waals surface area contributed by atoms with Crippen molar-refractivity contribution in [2.24, 2.45) is 0 Å². The van der Waals surface area contributed by atoms with Crippen molar-refractivity contribution in [1.29, 1.82) is 0 Å². The second kappa shape index (κ2) is 20.9. The van der Waals surface area contributed by atoms with Gasteiger partial charge in [-0.25, -0.2) is 0 Å². The molecule has 10 nitrogen and oxygen atoms in total. The van der Waals surface area contributed by atoms with Gasteiger partial charge in [-0.15, -0.1) is 0 Å². The predicted octanol–water partition coefficient (Wildman–Crippen LogP) is 4.36. The molecule has 10 heteroatoms. The van der Waals surface area contributed by atoms with Gasteiger partial charge in [0.1, 0.15) is 18.1 Å². The van der Waals surface area contributed by atoms with Crippen LogP contribution in [0, 0.1) is 0 Å². The fourth-order valence-electron chi connectivity index (χ4n) is 4.17. The number of amides is 1. The largest absolute Gasteiger partial charge is 0.508 e. The first-order valence-electron chi connectivity index (χ1n) is 14.9. The van der Waals surface area contributed by atoms with Gasteiger partial charge < -0.3 is 40.5 Å². The maximum absolute atomic E-state index is 12.3. The molecule has 3 aromatic carbocycles. The Morgan fingerprint density at radius 2 is 1.68 bits per heavy atom. The Labute approximate surface area is 259 Å². The molecule has 0 aliphatic carbocycles. The maximum Gasteiger partial charge on any atom is 0.300 e. The van der Waals surface area contributed by atoms with Crippen molar-refractivity contribution in [1.82, 2.24) is 10.6 Å².